The molecule has 2 aromatic heterocycles. The molecule has 3 heterocycles. The van der Waals surface area contributed by atoms with Gasteiger partial charge in [0.1, 0.15) is 21.9 Å². The van der Waals surface area contributed by atoms with Gasteiger partial charge < -0.3 is 9.80 Å². The van der Waals surface area contributed by atoms with Crippen molar-refractivity contribution in [1.29, 1.82) is 10.5 Å². The molecule has 0 saturated carbocycles. The van der Waals surface area contributed by atoms with Gasteiger partial charge in [-0.3, -0.25) is 9.59 Å². The highest BCUT2D eigenvalue weighted by Gasteiger charge is 2.38. The molecule has 2 amide bonds. The molecule has 0 bridgehead atoms. The molecule has 35 heavy (non-hydrogen) atoms. The van der Waals surface area contributed by atoms with E-state index in [1.807, 2.05) is 19.1 Å². The molecule has 8 heteroatoms. The van der Waals surface area contributed by atoms with Crippen LogP contribution in [0.5, 0.6) is 0 Å². The molecular weight excluding hydrogens is 476 g/mol. The standard InChI is InChI=1S/C27H30N4O2S2/c1-4-6-8-14-30(18-32)26(23-13-11-21(17-29)35-23)24-19(3)25(22-12-10-20(16-28)34-22)31(27(24)33)15-9-7-5-2/h10-13,18H,4-9,14-15H2,1-3H3/b26-24+. The molecule has 0 spiro atoms. The van der Waals surface area contributed by atoms with Crippen molar-refractivity contribution in [2.45, 2.75) is 59.3 Å². The number of carbonyl (C=O) groups is 2. The second-order valence-electron chi connectivity index (χ2n) is 8.42. The molecule has 3 rings (SSSR count). The number of amides is 2. The minimum Gasteiger partial charge on any atom is -0.313 e. The monoisotopic (exact) mass is 506 g/mol. The van der Waals surface area contributed by atoms with Crippen molar-refractivity contribution >= 4 is 46.4 Å². The van der Waals surface area contributed by atoms with Crippen LogP contribution in [-0.2, 0) is 9.59 Å². The molecule has 0 unspecified atom stereocenters. The quantitative estimate of drug-likeness (QED) is 0.190. The Morgan fingerprint density at radius 3 is 2.26 bits per heavy atom. The Morgan fingerprint density at radius 1 is 1.00 bits per heavy atom. The van der Waals surface area contributed by atoms with Crippen molar-refractivity contribution in [3.8, 4) is 12.1 Å². The summed E-state index contributed by atoms with van der Waals surface area (Å²) in [7, 11) is 0. The van der Waals surface area contributed by atoms with Gasteiger partial charge in [-0.25, -0.2) is 0 Å². The SMILES string of the molecule is CCCCCN1C(=O)/C(=C(\c2ccc(C#N)s2)N(C=O)CCCCC)C(C)=C1c1ccc(C#N)s1. The predicted octanol–water partition coefficient (Wildman–Crippen LogP) is 6.38. The lowest BCUT2D eigenvalue weighted by atomic mass is 10.0. The molecule has 2 aromatic rings. The van der Waals surface area contributed by atoms with E-state index in [-0.39, 0.29) is 5.91 Å². The fraction of sp³-hybridized carbons (Fsp3) is 0.407. The Bertz CT molecular complexity index is 1220. The van der Waals surface area contributed by atoms with Crippen LogP contribution >= 0.6 is 22.7 Å². The molecule has 1 aliphatic heterocycles. The summed E-state index contributed by atoms with van der Waals surface area (Å²) >= 11 is 2.66. The van der Waals surface area contributed by atoms with E-state index < -0.39 is 0 Å². The maximum absolute atomic E-state index is 14.0. The highest BCUT2D eigenvalue weighted by Crippen LogP contribution is 2.43. The first kappa shape index (κ1) is 26.4. The Kier molecular flexibility index (Phi) is 9.42. The van der Waals surface area contributed by atoms with Crippen molar-refractivity contribution in [3.63, 3.8) is 0 Å². The van der Waals surface area contributed by atoms with Crippen LogP contribution in [0.25, 0.3) is 11.4 Å². The Hall–Kier alpha value is -3.20. The van der Waals surface area contributed by atoms with E-state index >= 15 is 0 Å². The fourth-order valence-corrected chi connectivity index (χ4v) is 6.04. The van der Waals surface area contributed by atoms with Crippen molar-refractivity contribution in [3.05, 3.63) is 54.9 Å². The van der Waals surface area contributed by atoms with Crippen LogP contribution in [0.15, 0.2) is 35.4 Å². The van der Waals surface area contributed by atoms with E-state index in [2.05, 4.69) is 26.0 Å². The Morgan fingerprint density at radius 2 is 1.66 bits per heavy atom. The zero-order valence-corrected chi connectivity index (χ0v) is 22.1. The lowest BCUT2D eigenvalue weighted by Crippen LogP contribution is -2.29. The minimum absolute atomic E-state index is 0.134. The average molecular weight is 507 g/mol. The largest absolute Gasteiger partial charge is 0.313 e. The fourth-order valence-electron chi connectivity index (χ4n) is 4.26. The van der Waals surface area contributed by atoms with Gasteiger partial charge in [-0.2, -0.15) is 10.5 Å². The molecule has 0 atom stereocenters. The van der Waals surface area contributed by atoms with Gasteiger partial charge in [0, 0.05) is 13.1 Å². The first-order valence-corrected chi connectivity index (χ1v) is 13.6. The molecule has 182 valence electrons. The summed E-state index contributed by atoms with van der Waals surface area (Å²) in [6, 6.07) is 11.6. The number of nitriles is 2. The summed E-state index contributed by atoms with van der Waals surface area (Å²) in [4.78, 5) is 32.4. The molecule has 0 saturated heterocycles. The zero-order valence-electron chi connectivity index (χ0n) is 20.5. The van der Waals surface area contributed by atoms with Gasteiger partial charge in [-0.05, 0) is 49.6 Å². The van der Waals surface area contributed by atoms with Gasteiger partial charge in [0.25, 0.3) is 5.91 Å². The summed E-state index contributed by atoms with van der Waals surface area (Å²) in [5, 5.41) is 18.8. The van der Waals surface area contributed by atoms with E-state index in [1.54, 1.807) is 21.9 Å². The predicted molar refractivity (Wildman–Crippen MR) is 141 cm³/mol. The highest BCUT2D eigenvalue weighted by molar-refractivity contribution is 7.14. The van der Waals surface area contributed by atoms with E-state index in [4.69, 9.17) is 0 Å². The Balaban J connectivity index is 2.22. The lowest BCUT2D eigenvalue weighted by Gasteiger charge is -2.23. The van der Waals surface area contributed by atoms with Crippen molar-refractivity contribution in [1.82, 2.24) is 9.80 Å². The highest BCUT2D eigenvalue weighted by atomic mass is 32.1. The minimum atomic E-state index is -0.134. The Labute approximate surface area is 215 Å². The number of unbranched alkanes of at least 4 members (excludes halogenated alkanes) is 4. The van der Waals surface area contributed by atoms with Gasteiger partial charge >= 0.3 is 0 Å². The molecule has 0 aliphatic carbocycles. The summed E-state index contributed by atoms with van der Waals surface area (Å²) in [6.07, 6.45) is 6.51. The summed E-state index contributed by atoms with van der Waals surface area (Å²) in [6.45, 7) is 7.22. The molecule has 0 aromatic carbocycles. The first-order chi connectivity index (χ1) is 17.0. The van der Waals surface area contributed by atoms with Crippen LogP contribution in [0.4, 0.5) is 0 Å². The van der Waals surface area contributed by atoms with Crippen LogP contribution < -0.4 is 0 Å². The lowest BCUT2D eigenvalue weighted by molar-refractivity contribution is -0.123. The van der Waals surface area contributed by atoms with Crippen LogP contribution in [0.2, 0.25) is 0 Å². The van der Waals surface area contributed by atoms with Gasteiger partial charge in [0.15, 0.2) is 0 Å². The molecule has 0 radical (unpaired) electrons. The molecule has 1 aliphatic rings. The zero-order chi connectivity index (χ0) is 25.4. The van der Waals surface area contributed by atoms with Crippen LogP contribution in [-0.4, -0.2) is 35.2 Å². The van der Waals surface area contributed by atoms with Crippen LogP contribution in [0.1, 0.15) is 78.8 Å². The van der Waals surface area contributed by atoms with Gasteiger partial charge in [0.2, 0.25) is 6.41 Å². The van der Waals surface area contributed by atoms with Gasteiger partial charge in [0.05, 0.1) is 26.7 Å². The summed E-state index contributed by atoms with van der Waals surface area (Å²) < 4.78 is 0. The topological polar surface area (TPSA) is 88.2 Å². The summed E-state index contributed by atoms with van der Waals surface area (Å²) in [5.74, 6) is -0.134. The van der Waals surface area contributed by atoms with Crippen LogP contribution in [0, 0.1) is 22.7 Å². The van der Waals surface area contributed by atoms with Gasteiger partial charge in [-0.15, -0.1) is 22.7 Å². The van der Waals surface area contributed by atoms with Crippen molar-refractivity contribution < 1.29 is 9.59 Å². The summed E-state index contributed by atoms with van der Waals surface area (Å²) in [5.41, 5.74) is 2.67. The smallest absolute Gasteiger partial charge is 0.260 e. The number of carbonyl (C=O) groups excluding carboxylic acids is 2. The van der Waals surface area contributed by atoms with Crippen LogP contribution in [0.3, 0.4) is 0 Å². The molecule has 0 fully saturated rings. The third kappa shape index (κ3) is 5.73. The normalized spacial score (nSPS) is 14.8. The van der Waals surface area contributed by atoms with Gasteiger partial charge in [-0.1, -0.05) is 39.5 Å². The third-order valence-corrected chi connectivity index (χ3v) is 7.99. The average Bonchev–Trinajstić information content (AvgIpc) is 3.58. The van der Waals surface area contributed by atoms with Crippen molar-refractivity contribution in [2.24, 2.45) is 0 Å². The number of thiophene rings is 2. The molecule has 0 N–H and O–H groups in total. The second kappa shape index (κ2) is 12.5. The first-order valence-electron chi connectivity index (χ1n) is 12.0. The maximum Gasteiger partial charge on any atom is 0.260 e. The van der Waals surface area contributed by atoms with E-state index in [0.29, 0.717) is 34.1 Å². The van der Waals surface area contributed by atoms with Crippen molar-refractivity contribution in [2.75, 3.05) is 13.1 Å². The number of hydrogen-bond donors (Lipinski definition) is 0. The number of rotatable bonds is 12. The molecular formula is C27H30N4O2S2. The molecule has 6 nitrogen and oxygen atoms in total. The van der Waals surface area contributed by atoms with E-state index in [1.165, 1.54) is 22.7 Å². The van der Waals surface area contributed by atoms with E-state index in [9.17, 15) is 20.1 Å². The number of nitrogens with zero attached hydrogens (tertiary/aromatic N) is 4. The second-order valence-corrected chi connectivity index (χ2v) is 10.6. The van der Waals surface area contributed by atoms with E-state index in [0.717, 1.165) is 66.0 Å². The maximum atomic E-state index is 14.0. The number of hydrogen-bond acceptors (Lipinski definition) is 6. The third-order valence-electron chi connectivity index (χ3n) is 6.00.